The summed E-state index contributed by atoms with van der Waals surface area (Å²) in [5, 5.41) is 28.5. The molecule has 0 unspecified atom stereocenters. The summed E-state index contributed by atoms with van der Waals surface area (Å²) in [5.74, 6) is -3.93. The minimum absolute atomic E-state index is 0.0499. The van der Waals surface area contributed by atoms with Gasteiger partial charge in [-0.25, -0.2) is 14.6 Å². The summed E-state index contributed by atoms with van der Waals surface area (Å²) in [4.78, 5) is 52.2. The molecule has 3 aromatic carbocycles. The zero-order valence-corrected chi connectivity index (χ0v) is 29.8. The van der Waals surface area contributed by atoms with E-state index in [0.29, 0.717) is 24.5 Å². The smallest absolute Gasteiger partial charge is 0.417 e. The van der Waals surface area contributed by atoms with Gasteiger partial charge in [0.2, 0.25) is 5.88 Å². The molecule has 0 aliphatic carbocycles. The monoisotopic (exact) mass is 763 g/mol. The average molecular weight is 764 g/mol. The second-order valence-electron chi connectivity index (χ2n) is 12.3. The maximum absolute atomic E-state index is 13.8. The van der Waals surface area contributed by atoms with Crippen LogP contribution in [0.25, 0.3) is 22.0 Å². The van der Waals surface area contributed by atoms with Crippen LogP contribution in [0, 0.1) is 0 Å². The number of hydrogen-bond donors (Lipinski definition) is 4. The number of piperazine rings is 1. The number of nitrogens with one attached hydrogen (secondary N) is 1. The van der Waals surface area contributed by atoms with E-state index in [9.17, 15) is 27.9 Å². The molecule has 0 saturated carbocycles. The first kappa shape index (κ1) is 39.6. The van der Waals surface area contributed by atoms with Crippen LogP contribution in [0.15, 0.2) is 79.0 Å². The summed E-state index contributed by atoms with van der Waals surface area (Å²) < 4.78 is 54.5. The van der Waals surface area contributed by atoms with Gasteiger partial charge in [0, 0.05) is 81.1 Å². The topological polar surface area (TPSA) is 184 Å². The minimum atomic E-state index is -4.79. The van der Waals surface area contributed by atoms with Crippen molar-refractivity contribution in [3.05, 3.63) is 101 Å². The zero-order chi connectivity index (χ0) is 40.0. The van der Waals surface area contributed by atoms with Crippen molar-refractivity contribution in [1.82, 2.24) is 24.7 Å². The second-order valence-corrected chi connectivity index (χ2v) is 12.3. The van der Waals surface area contributed by atoms with Crippen molar-refractivity contribution in [2.45, 2.75) is 12.7 Å². The van der Waals surface area contributed by atoms with Gasteiger partial charge >= 0.3 is 18.1 Å². The maximum atomic E-state index is 13.8. The van der Waals surface area contributed by atoms with Crippen LogP contribution in [-0.2, 0) is 29.4 Å². The number of halogens is 3. The number of aromatic nitrogens is 2. The van der Waals surface area contributed by atoms with Gasteiger partial charge in [-0.1, -0.05) is 12.1 Å². The molecule has 1 aliphatic heterocycles. The summed E-state index contributed by atoms with van der Waals surface area (Å²) in [5.41, 5.74) is 0.525. The Hall–Kier alpha value is -6.62. The first-order valence-corrected chi connectivity index (χ1v) is 16.6. The number of aryl methyl sites for hydroxylation is 1. The number of carbonyl (C=O) groups excluding carboxylic acids is 2. The first-order chi connectivity index (χ1) is 26.1. The number of pyridine rings is 1. The van der Waals surface area contributed by atoms with E-state index in [4.69, 9.17) is 29.3 Å². The van der Waals surface area contributed by atoms with Crippen LogP contribution in [-0.4, -0.2) is 98.8 Å². The summed E-state index contributed by atoms with van der Waals surface area (Å²) in [6, 6.07) is 19.5. The molecule has 14 nitrogen and oxygen atoms in total. The molecule has 1 fully saturated rings. The highest BCUT2D eigenvalue weighted by molar-refractivity contribution is 6.27. The van der Waals surface area contributed by atoms with E-state index in [0.717, 1.165) is 54.6 Å². The van der Waals surface area contributed by atoms with Crippen molar-refractivity contribution in [3.63, 3.8) is 0 Å². The number of hydrogen-bond acceptors (Lipinski definition) is 9. The van der Waals surface area contributed by atoms with E-state index < -0.39 is 40.9 Å². The Balaban J connectivity index is 0.000000895. The summed E-state index contributed by atoms with van der Waals surface area (Å²) in [7, 11) is 4.79. The number of benzene rings is 3. The van der Waals surface area contributed by atoms with E-state index >= 15 is 0 Å². The summed E-state index contributed by atoms with van der Waals surface area (Å²) >= 11 is 0. The van der Waals surface area contributed by atoms with Crippen LogP contribution < -0.4 is 14.8 Å². The van der Waals surface area contributed by atoms with E-state index in [1.807, 2.05) is 52.9 Å². The molecule has 288 valence electrons. The second kappa shape index (κ2) is 16.6. The van der Waals surface area contributed by atoms with Crippen LogP contribution in [0.1, 0.15) is 32.0 Å². The largest absolute Gasteiger partial charge is 0.506 e. The maximum Gasteiger partial charge on any atom is 0.417 e. The Morgan fingerprint density at radius 3 is 2.09 bits per heavy atom. The molecule has 4 N–H and O–H groups in total. The molecule has 5 aromatic rings. The van der Waals surface area contributed by atoms with Crippen molar-refractivity contribution in [2.24, 2.45) is 7.05 Å². The van der Waals surface area contributed by atoms with Crippen LogP contribution in [0.5, 0.6) is 23.1 Å². The lowest BCUT2D eigenvalue weighted by Crippen LogP contribution is -2.48. The number of aliphatic carboxylic acids is 2. The Bertz CT molecular complexity index is 2200. The zero-order valence-electron chi connectivity index (χ0n) is 29.8. The minimum Gasteiger partial charge on any atom is -0.506 e. The van der Waals surface area contributed by atoms with E-state index in [1.165, 1.54) is 24.7 Å². The van der Waals surface area contributed by atoms with Crippen molar-refractivity contribution >= 4 is 34.7 Å². The summed E-state index contributed by atoms with van der Waals surface area (Å²) in [6.45, 7) is 3.50. The highest BCUT2D eigenvalue weighted by atomic mass is 19.4. The fraction of sp³-hybridized carbons (Fsp3) is 0.237. The average Bonchev–Trinajstić information content (AvgIpc) is 3.50. The number of alkyl halides is 3. The molecule has 17 heteroatoms. The highest BCUT2D eigenvalue weighted by Gasteiger charge is 2.36. The van der Waals surface area contributed by atoms with Gasteiger partial charge in [-0.2, -0.15) is 13.2 Å². The number of phenolic OH excluding ortho intramolecular Hbond substituents is 1. The normalized spacial score (nSPS) is 13.1. The number of aromatic hydroxyl groups is 1. The van der Waals surface area contributed by atoms with Crippen LogP contribution in [0.2, 0.25) is 0 Å². The number of methoxy groups -OCH3 is 1. The molecule has 1 saturated heterocycles. The third-order valence-electron chi connectivity index (χ3n) is 8.84. The van der Waals surface area contributed by atoms with Crippen LogP contribution >= 0.6 is 0 Å². The predicted molar refractivity (Wildman–Crippen MR) is 192 cm³/mol. The third kappa shape index (κ3) is 9.13. The van der Waals surface area contributed by atoms with Crippen molar-refractivity contribution in [3.8, 4) is 34.3 Å². The van der Waals surface area contributed by atoms with Gasteiger partial charge in [0.15, 0.2) is 0 Å². The molecule has 6 rings (SSSR count). The Morgan fingerprint density at radius 2 is 1.53 bits per heavy atom. The molecular weight excluding hydrogens is 727 g/mol. The molecule has 0 bridgehead atoms. The Labute approximate surface area is 311 Å². The number of fused-ring (bicyclic) bond motifs is 1. The van der Waals surface area contributed by atoms with Gasteiger partial charge in [0.25, 0.3) is 11.8 Å². The molecule has 0 radical (unpaired) electrons. The van der Waals surface area contributed by atoms with Gasteiger partial charge in [-0.3, -0.25) is 14.5 Å². The molecule has 1 aliphatic rings. The van der Waals surface area contributed by atoms with Crippen molar-refractivity contribution in [1.29, 1.82) is 0 Å². The highest BCUT2D eigenvalue weighted by Crippen LogP contribution is 2.43. The lowest BCUT2D eigenvalue weighted by molar-refractivity contribution is -0.159. The van der Waals surface area contributed by atoms with E-state index in [1.54, 1.807) is 19.2 Å². The quantitative estimate of drug-likeness (QED) is 0.152. The van der Waals surface area contributed by atoms with E-state index in [-0.39, 0.29) is 22.9 Å². The number of ether oxygens (including phenoxy) is 2. The molecule has 55 heavy (non-hydrogen) atoms. The van der Waals surface area contributed by atoms with Crippen LogP contribution in [0.3, 0.4) is 0 Å². The number of carboxylic acid groups (broad SMARTS) is 2. The number of rotatable bonds is 8. The van der Waals surface area contributed by atoms with Crippen molar-refractivity contribution in [2.75, 3.05) is 40.3 Å². The van der Waals surface area contributed by atoms with E-state index in [2.05, 4.69) is 15.2 Å². The first-order valence-electron chi connectivity index (χ1n) is 16.6. The number of nitrogens with zero attached hydrogens (tertiary/aromatic N) is 4. The number of carbonyl (C=O) groups is 4. The molecule has 2 aromatic heterocycles. The lowest BCUT2D eigenvalue weighted by Gasteiger charge is -2.34. The lowest BCUT2D eigenvalue weighted by atomic mass is 9.96. The predicted octanol–water partition coefficient (Wildman–Crippen LogP) is 5.24. The molecular formula is C38H36F3N5O9. The fourth-order valence-corrected chi connectivity index (χ4v) is 6.00. The third-order valence-corrected chi connectivity index (χ3v) is 8.84. The molecule has 3 heterocycles. The van der Waals surface area contributed by atoms with Gasteiger partial charge < -0.3 is 39.6 Å². The van der Waals surface area contributed by atoms with Gasteiger partial charge in [0.1, 0.15) is 22.9 Å². The number of carboxylic acids is 2. The Kier molecular flexibility index (Phi) is 11.9. The number of amides is 2. The standard InChI is InChI=1S/C36H34F3N5O5.C2H2O4/c1-40-34(46)27-10-11-28(36(37,38)39)32(33(27)45)23-6-13-31(41-20-23)49-26-9-12-29-24(18-26)19-30(42(29)2)35(47)44-16-14-43(15-17-44)21-22-4-7-25(48-3)8-5-22;3-1(4)2(5)6/h4-13,18-20,45H,14-17,21H2,1-3H3,(H,40,46);(H,3,4)(H,5,6). The summed E-state index contributed by atoms with van der Waals surface area (Å²) in [6.07, 6.45) is -3.65. The number of phenols is 1. The van der Waals surface area contributed by atoms with Gasteiger partial charge in [-0.05, 0) is 60.2 Å². The van der Waals surface area contributed by atoms with Crippen LogP contribution in [0.4, 0.5) is 13.2 Å². The fourth-order valence-electron chi connectivity index (χ4n) is 6.00. The van der Waals surface area contributed by atoms with Gasteiger partial charge in [0.05, 0.1) is 18.2 Å². The SMILES string of the molecule is CNC(=O)c1ccc(C(F)(F)F)c(-c2ccc(Oc3ccc4c(c3)cc(C(=O)N3CCN(Cc5ccc(OC)cc5)CC3)n4C)nc2)c1O.O=C(O)C(=O)O. The van der Waals surface area contributed by atoms with Gasteiger partial charge in [-0.15, -0.1) is 0 Å². The molecule has 2 amide bonds. The van der Waals surface area contributed by atoms with Crippen molar-refractivity contribution < 1.29 is 57.1 Å². The molecule has 0 spiro atoms. The molecule has 0 atom stereocenters. The Morgan fingerprint density at radius 1 is 0.873 bits per heavy atom.